The molecule has 92 valence electrons. The van der Waals surface area contributed by atoms with Crippen molar-refractivity contribution in [3.63, 3.8) is 0 Å². The molecule has 0 aliphatic heterocycles. The molecule has 0 saturated heterocycles. The number of nitrogens with one attached hydrogen (secondary N) is 1. The van der Waals surface area contributed by atoms with Gasteiger partial charge >= 0.3 is 6.18 Å². The number of hydrogen-bond acceptors (Lipinski definition) is 4. The monoisotopic (exact) mass is 254 g/mol. The first-order chi connectivity index (χ1) is 7.34. The lowest BCUT2D eigenvalue weighted by molar-refractivity contribution is -0.141. The molecule has 0 saturated carbocycles. The summed E-state index contributed by atoms with van der Waals surface area (Å²) in [6, 6.07) is 0.0979. The molecule has 1 rings (SSSR count). The smallest absolute Gasteiger partial charge is 0.389 e. The normalized spacial score (nSPS) is 12.4. The molecule has 16 heavy (non-hydrogen) atoms. The Labute approximate surface area is 95.3 Å². The van der Waals surface area contributed by atoms with Crippen LogP contribution < -0.4 is 5.32 Å². The van der Waals surface area contributed by atoms with Gasteiger partial charge in [-0.05, 0) is 0 Å². The molecule has 0 radical (unpaired) electrons. The first-order valence-electron chi connectivity index (χ1n) is 4.74. The molecule has 7 heteroatoms. The van der Waals surface area contributed by atoms with E-state index in [1.54, 1.807) is 0 Å². The number of thiazole rings is 1. The van der Waals surface area contributed by atoms with E-state index in [0.717, 1.165) is 11.3 Å². The predicted molar refractivity (Wildman–Crippen MR) is 55.0 cm³/mol. The Bertz CT molecular complexity index is 349. The van der Waals surface area contributed by atoms with Gasteiger partial charge in [-0.1, -0.05) is 13.8 Å². The molecule has 0 bridgehead atoms. The van der Waals surface area contributed by atoms with E-state index in [2.05, 4.69) is 10.3 Å². The molecule has 0 amide bonds. The Morgan fingerprint density at radius 1 is 1.44 bits per heavy atom. The fourth-order valence-corrected chi connectivity index (χ4v) is 2.01. The van der Waals surface area contributed by atoms with Crippen LogP contribution >= 0.6 is 11.3 Å². The molecule has 0 unspecified atom stereocenters. The van der Waals surface area contributed by atoms with E-state index in [0.29, 0.717) is 0 Å². The zero-order valence-corrected chi connectivity index (χ0v) is 9.74. The van der Waals surface area contributed by atoms with Crippen molar-refractivity contribution in [3.8, 4) is 0 Å². The van der Waals surface area contributed by atoms with Crippen molar-refractivity contribution in [1.29, 1.82) is 0 Å². The zero-order valence-electron chi connectivity index (χ0n) is 8.93. The first kappa shape index (κ1) is 13.4. The number of rotatable bonds is 4. The Morgan fingerprint density at radius 2 is 2.06 bits per heavy atom. The van der Waals surface area contributed by atoms with Crippen LogP contribution in [0, 0.1) is 0 Å². The third-order valence-electron chi connectivity index (χ3n) is 1.82. The Morgan fingerprint density at radius 3 is 2.50 bits per heavy atom. The predicted octanol–water partition coefficient (Wildman–Crippen LogP) is 2.15. The molecular weight excluding hydrogens is 241 g/mol. The number of halogens is 3. The van der Waals surface area contributed by atoms with Crippen LogP contribution in [0.1, 0.15) is 29.4 Å². The van der Waals surface area contributed by atoms with E-state index in [1.807, 2.05) is 13.8 Å². The molecule has 1 aromatic rings. The second-order valence-corrected chi connectivity index (χ2v) is 4.74. The first-order valence-corrected chi connectivity index (χ1v) is 5.56. The molecular formula is C9H13F3N2OS. The zero-order chi connectivity index (χ0) is 12.3. The summed E-state index contributed by atoms with van der Waals surface area (Å²) in [4.78, 5) is 3.50. The van der Waals surface area contributed by atoms with Gasteiger partial charge < -0.3 is 10.4 Å². The Balaban J connectivity index is 2.92. The summed E-state index contributed by atoms with van der Waals surface area (Å²) in [5, 5.41) is 11.8. The van der Waals surface area contributed by atoms with Gasteiger partial charge in [0.25, 0.3) is 0 Å². The maximum Gasteiger partial charge on any atom is 0.434 e. The van der Waals surface area contributed by atoms with Crippen LogP contribution in [0.5, 0.6) is 0 Å². The van der Waals surface area contributed by atoms with Crippen molar-refractivity contribution in [2.75, 3.05) is 0 Å². The van der Waals surface area contributed by atoms with E-state index < -0.39 is 18.5 Å². The number of aromatic nitrogens is 1. The van der Waals surface area contributed by atoms with Crippen molar-refractivity contribution in [1.82, 2.24) is 10.3 Å². The highest BCUT2D eigenvalue weighted by Gasteiger charge is 2.37. The lowest BCUT2D eigenvalue weighted by atomic mass is 10.3. The van der Waals surface area contributed by atoms with E-state index in [4.69, 9.17) is 5.11 Å². The van der Waals surface area contributed by atoms with Crippen LogP contribution in [0.3, 0.4) is 0 Å². The van der Waals surface area contributed by atoms with Crippen molar-refractivity contribution in [2.45, 2.75) is 39.2 Å². The summed E-state index contributed by atoms with van der Waals surface area (Å²) < 4.78 is 37.7. The molecule has 0 fully saturated rings. The highest BCUT2D eigenvalue weighted by molar-refractivity contribution is 7.11. The molecule has 0 atom stereocenters. The highest BCUT2D eigenvalue weighted by atomic mass is 32.1. The second-order valence-electron chi connectivity index (χ2n) is 3.57. The summed E-state index contributed by atoms with van der Waals surface area (Å²) in [5.41, 5.74) is -0.894. The number of hydrogen-bond donors (Lipinski definition) is 2. The third kappa shape index (κ3) is 3.43. The SMILES string of the molecule is CC(C)NCc1sc(CO)nc1C(F)(F)F. The summed E-state index contributed by atoms with van der Waals surface area (Å²) in [5.74, 6) is 0. The van der Waals surface area contributed by atoms with Crippen LogP contribution in [-0.2, 0) is 19.3 Å². The van der Waals surface area contributed by atoms with Crippen LogP contribution in [0.25, 0.3) is 0 Å². The van der Waals surface area contributed by atoms with Crippen LogP contribution in [0.15, 0.2) is 0 Å². The molecule has 3 nitrogen and oxygen atoms in total. The average Bonchev–Trinajstić information content (AvgIpc) is 2.57. The number of nitrogens with zero attached hydrogens (tertiary/aromatic N) is 1. The second kappa shape index (κ2) is 5.11. The van der Waals surface area contributed by atoms with E-state index in [-0.39, 0.29) is 22.5 Å². The highest BCUT2D eigenvalue weighted by Crippen LogP contribution is 2.34. The van der Waals surface area contributed by atoms with Crippen molar-refractivity contribution >= 4 is 11.3 Å². The van der Waals surface area contributed by atoms with Gasteiger partial charge in [0.15, 0.2) is 5.69 Å². The lowest BCUT2D eigenvalue weighted by Gasteiger charge is -2.09. The quantitative estimate of drug-likeness (QED) is 0.865. The topological polar surface area (TPSA) is 45.1 Å². The minimum atomic E-state index is -4.46. The van der Waals surface area contributed by atoms with Gasteiger partial charge in [-0.3, -0.25) is 0 Å². The summed E-state index contributed by atoms with van der Waals surface area (Å²) in [6.07, 6.45) is -4.46. The fraction of sp³-hybridized carbons (Fsp3) is 0.667. The van der Waals surface area contributed by atoms with E-state index in [1.165, 1.54) is 0 Å². The van der Waals surface area contributed by atoms with Gasteiger partial charge in [-0.25, -0.2) is 4.98 Å². The third-order valence-corrected chi connectivity index (χ3v) is 2.86. The minimum Gasteiger partial charge on any atom is -0.389 e. The van der Waals surface area contributed by atoms with Gasteiger partial charge in [0.05, 0.1) is 11.5 Å². The molecule has 0 aromatic carbocycles. The summed E-state index contributed by atoms with van der Waals surface area (Å²) in [6.45, 7) is 3.35. The molecule has 1 aromatic heterocycles. The summed E-state index contributed by atoms with van der Waals surface area (Å²) >= 11 is 0.885. The Hall–Kier alpha value is -0.660. The largest absolute Gasteiger partial charge is 0.434 e. The molecule has 0 spiro atoms. The molecule has 0 aliphatic rings. The van der Waals surface area contributed by atoms with Crippen LogP contribution in [0.2, 0.25) is 0 Å². The minimum absolute atomic E-state index is 0.0906. The van der Waals surface area contributed by atoms with Gasteiger partial charge in [0, 0.05) is 12.6 Å². The molecule has 0 aliphatic carbocycles. The average molecular weight is 254 g/mol. The Kier molecular flexibility index (Phi) is 4.28. The number of aliphatic hydroxyl groups excluding tert-OH is 1. The van der Waals surface area contributed by atoms with Crippen LogP contribution in [0.4, 0.5) is 13.2 Å². The molecule has 2 N–H and O–H groups in total. The van der Waals surface area contributed by atoms with Gasteiger partial charge in [0.1, 0.15) is 5.01 Å². The number of aliphatic hydroxyl groups is 1. The van der Waals surface area contributed by atoms with Gasteiger partial charge in [-0.15, -0.1) is 11.3 Å². The fourth-order valence-electron chi connectivity index (χ4n) is 1.11. The van der Waals surface area contributed by atoms with E-state index in [9.17, 15) is 13.2 Å². The standard InChI is InChI=1S/C9H13F3N2OS/c1-5(2)13-3-6-8(9(10,11)12)14-7(4-15)16-6/h5,13,15H,3-4H2,1-2H3. The van der Waals surface area contributed by atoms with Crippen molar-refractivity contribution in [2.24, 2.45) is 0 Å². The van der Waals surface area contributed by atoms with Crippen molar-refractivity contribution in [3.05, 3.63) is 15.6 Å². The lowest BCUT2D eigenvalue weighted by Crippen LogP contribution is -2.23. The van der Waals surface area contributed by atoms with Gasteiger partial charge in [-0.2, -0.15) is 13.2 Å². The van der Waals surface area contributed by atoms with E-state index >= 15 is 0 Å². The van der Waals surface area contributed by atoms with Crippen LogP contribution in [-0.4, -0.2) is 16.1 Å². The number of alkyl halides is 3. The maximum atomic E-state index is 12.6. The van der Waals surface area contributed by atoms with Gasteiger partial charge in [0.2, 0.25) is 0 Å². The maximum absolute atomic E-state index is 12.6. The molecule has 1 heterocycles. The van der Waals surface area contributed by atoms with Crippen molar-refractivity contribution < 1.29 is 18.3 Å². The summed E-state index contributed by atoms with van der Waals surface area (Å²) in [7, 11) is 0.